The Hall–Kier alpha value is -0.520. The highest BCUT2D eigenvalue weighted by molar-refractivity contribution is 5.02. The Labute approximate surface area is 187 Å². The van der Waals surface area contributed by atoms with Crippen LogP contribution in [0.4, 0.5) is 0 Å². The Morgan fingerprint density at radius 3 is 1.07 bits per heavy atom. The number of hydrogen-bond acceptors (Lipinski definition) is 0. The maximum absolute atomic E-state index is 2.48. The molecule has 3 saturated carbocycles. The molecule has 0 nitrogen and oxygen atoms in total. The molecule has 0 aliphatic heterocycles. The van der Waals surface area contributed by atoms with E-state index >= 15 is 0 Å². The average molecular weight is 407 g/mol. The topological polar surface area (TPSA) is 0 Å². The average Bonchev–Trinajstić information content (AvgIpc) is 2.63. The second-order valence-electron chi connectivity index (χ2n) is 11.0. The molecule has 2 unspecified atom stereocenters. The highest BCUT2D eigenvalue weighted by Gasteiger charge is 2.42. The van der Waals surface area contributed by atoms with Gasteiger partial charge in [0, 0.05) is 0 Å². The van der Waals surface area contributed by atoms with Gasteiger partial charge in [0.25, 0.3) is 0 Å². The van der Waals surface area contributed by atoms with Gasteiger partial charge in [-0.2, -0.15) is 0 Å². The summed E-state index contributed by atoms with van der Waals surface area (Å²) in [7, 11) is 0. The predicted molar refractivity (Wildman–Crippen MR) is 138 cm³/mol. The van der Waals surface area contributed by atoms with Gasteiger partial charge in [-0.25, -0.2) is 0 Å². The van der Waals surface area contributed by atoms with Crippen LogP contribution in [0.5, 0.6) is 0 Å². The van der Waals surface area contributed by atoms with Crippen LogP contribution >= 0.6 is 0 Å². The van der Waals surface area contributed by atoms with Crippen molar-refractivity contribution in [2.45, 2.75) is 141 Å². The molecule has 0 N–H and O–H groups in total. The van der Waals surface area contributed by atoms with Crippen LogP contribution in [0.2, 0.25) is 0 Å². The van der Waals surface area contributed by atoms with Crippen molar-refractivity contribution < 1.29 is 0 Å². The van der Waals surface area contributed by atoms with E-state index in [1.54, 1.807) is 11.1 Å². The van der Waals surface area contributed by atoms with E-state index in [-0.39, 0.29) is 22.3 Å². The third kappa shape index (κ3) is 10.9. The van der Waals surface area contributed by atoms with Crippen molar-refractivity contribution in [3.05, 3.63) is 23.3 Å². The van der Waals surface area contributed by atoms with E-state index in [1.165, 1.54) is 77.0 Å². The van der Waals surface area contributed by atoms with Crippen LogP contribution in [-0.4, -0.2) is 0 Å². The van der Waals surface area contributed by atoms with Crippen molar-refractivity contribution in [2.24, 2.45) is 22.7 Å². The quantitative estimate of drug-likeness (QED) is 0.351. The first kappa shape index (κ1) is 30.7. The molecule has 5 aliphatic carbocycles. The van der Waals surface area contributed by atoms with Gasteiger partial charge in [-0.05, 0) is 114 Å². The van der Waals surface area contributed by atoms with Crippen LogP contribution in [0.25, 0.3) is 0 Å². The van der Waals surface area contributed by atoms with Gasteiger partial charge in [0.2, 0.25) is 0 Å². The van der Waals surface area contributed by atoms with Gasteiger partial charge < -0.3 is 0 Å². The third-order valence-corrected chi connectivity index (χ3v) is 7.80. The standard InChI is InChI=1S/C10H18.2C8H14.3CH4/c1-9-3-6-10(2,7-4-9)8-5-9;2*1-7-3-5-8(2)6-4-7;;;/h3-8H2,1-2H3;2*3,8H,4-6H2,1-2H3;3*1H4. The molecule has 0 amide bonds. The lowest BCUT2D eigenvalue weighted by atomic mass is 9.55. The second kappa shape index (κ2) is 13.7. The van der Waals surface area contributed by atoms with E-state index in [2.05, 4.69) is 53.7 Å². The zero-order chi connectivity index (χ0) is 19.2. The van der Waals surface area contributed by atoms with Crippen molar-refractivity contribution in [3.63, 3.8) is 0 Å². The molecule has 5 rings (SSSR count). The molecule has 0 aromatic rings. The van der Waals surface area contributed by atoms with E-state index in [0.29, 0.717) is 0 Å². The lowest BCUT2D eigenvalue weighted by molar-refractivity contribution is 0.0164. The highest BCUT2D eigenvalue weighted by Crippen LogP contribution is 2.56. The zero-order valence-electron chi connectivity index (χ0n) is 18.8. The fourth-order valence-electron chi connectivity index (χ4n) is 4.75. The van der Waals surface area contributed by atoms with E-state index in [1.807, 2.05) is 0 Å². The summed E-state index contributed by atoms with van der Waals surface area (Å²) in [5, 5.41) is 0. The van der Waals surface area contributed by atoms with E-state index in [0.717, 1.165) is 22.7 Å². The first-order chi connectivity index (χ1) is 12.2. The molecule has 0 aromatic carbocycles. The molecular weight excluding hydrogens is 348 g/mol. The summed E-state index contributed by atoms with van der Waals surface area (Å²) in [6.07, 6.45) is 21.9. The number of hydrogen-bond donors (Lipinski definition) is 0. The van der Waals surface area contributed by atoms with Gasteiger partial charge >= 0.3 is 0 Å². The molecule has 5 aliphatic rings. The van der Waals surface area contributed by atoms with Crippen LogP contribution < -0.4 is 0 Å². The molecule has 29 heavy (non-hydrogen) atoms. The smallest absolute Gasteiger partial charge is 0.0320 e. The summed E-state index contributed by atoms with van der Waals surface area (Å²) in [5.74, 6) is 1.89. The van der Waals surface area contributed by atoms with Crippen molar-refractivity contribution in [1.82, 2.24) is 0 Å². The summed E-state index contributed by atoms with van der Waals surface area (Å²) in [6.45, 7) is 14.1. The number of allylic oxidation sites excluding steroid dienone is 4. The second-order valence-corrected chi connectivity index (χ2v) is 11.0. The Morgan fingerprint density at radius 2 is 0.897 bits per heavy atom. The molecule has 174 valence electrons. The number of fused-ring (bicyclic) bond motifs is 3. The largest absolute Gasteiger partial charge is 0.0853 e. The fraction of sp³-hybridized carbons (Fsp3) is 0.862. The van der Waals surface area contributed by atoms with Gasteiger partial charge in [-0.15, -0.1) is 0 Å². The molecule has 0 spiro atoms. The molecule has 2 bridgehead atoms. The van der Waals surface area contributed by atoms with Crippen molar-refractivity contribution in [3.8, 4) is 0 Å². The van der Waals surface area contributed by atoms with Crippen molar-refractivity contribution in [1.29, 1.82) is 0 Å². The van der Waals surface area contributed by atoms with E-state index < -0.39 is 0 Å². The summed E-state index contributed by atoms with van der Waals surface area (Å²) in [6, 6.07) is 0. The number of rotatable bonds is 0. The first-order valence-electron chi connectivity index (χ1n) is 11.5. The van der Waals surface area contributed by atoms with E-state index in [9.17, 15) is 0 Å². The van der Waals surface area contributed by atoms with Gasteiger partial charge in [0.15, 0.2) is 0 Å². The van der Waals surface area contributed by atoms with Crippen molar-refractivity contribution in [2.75, 3.05) is 0 Å². The molecule has 3 fully saturated rings. The summed E-state index contributed by atoms with van der Waals surface area (Å²) < 4.78 is 0. The summed E-state index contributed by atoms with van der Waals surface area (Å²) >= 11 is 0. The van der Waals surface area contributed by atoms with Gasteiger partial charge in [-0.1, -0.05) is 73.3 Å². The zero-order valence-corrected chi connectivity index (χ0v) is 18.8. The monoisotopic (exact) mass is 406 g/mol. The van der Waals surface area contributed by atoms with Crippen LogP contribution in [-0.2, 0) is 0 Å². The third-order valence-electron chi connectivity index (χ3n) is 7.80. The lowest BCUT2D eigenvalue weighted by Crippen LogP contribution is -2.37. The lowest BCUT2D eigenvalue weighted by Gasteiger charge is -2.50. The highest BCUT2D eigenvalue weighted by atomic mass is 14.5. The Kier molecular flexibility index (Phi) is 14.5. The fourth-order valence-corrected chi connectivity index (χ4v) is 4.75. The van der Waals surface area contributed by atoms with Gasteiger partial charge in [-0.3, -0.25) is 0 Å². The molecule has 0 radical (unpaired) electrons. The molecule has 0 saturated heterocycles. The maximum atomic E-state index is 2.48. The predicted octanol–water partition coefficient (Wildman–Crippen LogP) is 10.8. The molecule has 0 heteroatoms. The maximum Gasteiger partial charge on any atom is -0.0320 e. The van der Waals surface area contributed by atoms with Crippen LogP contribution in [0, 0.1) is 22.7 Å². The summed E-state index contributed by atoms with van der Waals surface area (Å²) in [5.41, 5.74) is 4.70. The molecule has 0 heterocycles. The minimum Gasteiger partial charge on any atom is -0.0853 e. The van der Waals surface area contributed by atoms with Crippen molar-refractivity contribution >= 4 is 0 Å². The van der Waals surface area contributed by atoms with Crippen LogP contribution in [0.15, 0.2) is 23.3 Å². The Balaban J connectivity index is 0. The van der Waals surface area contributed by atoms with Gasteiger partial charge in [0.1, 0.15) is 0 Å². The minimum absolute atomic E-state index is 0. The van der Waals surface area contributed by atoms with E-state index in [4.69, 9.17) is 0 Å². The Morgan fingerprint density at radius 1 is 0.621 bits per heavy atom. The molecule has 0 aromatic heterocycles. The molecule has 2 atom stereocenters. The van der Waals surface area contributed by atoms with Gasteiger partial charge in [0.05, 0.1) is 0 Å². The first-order valence-corrected chi connectivity index (χ1v) is 11.5. The van der Waals surface area contributed by atoms with Crippen LogP contribution in [0.1, 0.15) is 141 Å². The van der Waals surface area contributed by atoms with Crippen LogP contribution in [0.3, 0.4) is 0 Å². The Bertz CT molecular complexity index is 422. The normalized spacial score (nSPS) is 34.8. The molecular formula is C29H58. The summed E-state index contributed by atoms with van der Waals surface area (Å²) in [4.78, 5) is 0. The minimum atomic E-state index is 0. The SMILES string of the molecule is C.C.C.CC12CCC(C)(CC1)CC2.CC1=CCC(C)CC1.CC1=CCC(C)CC1.